The quantitative estimate of drug-likeness (QED) is 0.835. The molecule has 0 spiro atoms. The molecule has 0 aromatic heterocycles. The van der Waals surface area contributed by atoms with E-state index in [1.807, 2.05) is 0 Å². The van der Waals surface area contributed by atoms with E-state index in [-0.39, 0.29) is 5.54 Å². The second kappa shape index (κ2) is 4.71. The average molecular weight is 290 g/mol. The third kappa shape index (κ3) is 2.37. The molecule has 5 fully saturated rings. The minimum Gasteiger partial charge on any atom is -0.309 e. The first-order chi connectivity index (χ1) is 9.87. The predicted molar refractivity (Wildman–Crippen MR) is 88.3 cm³/mol. The fourth-order valence-corrected chi connectivity index (χ4v) is 6.77. The molecule has 4 bridgehead atoms. The minimum atomic E-state index is 0.281. The van der Waals surface area contributed by atoms with Gasteiger partial charge in [0.25, 0.3) is 0 Å². The first-order valence-corrected chi connectivity index (χ1v) is 9.38. The first kappa shape index (κ1) is 14.5. The van der Waals surface area contributed by atoms with Crippen molar-refractivity contribution < 1.29 is 0 Å². The fourth-order valence-electron chi connectivity index (χ4n) is 6.77. The Morgan fingerprint density at radius 1 is 1.00 bits per heavy atom. The Morgan fingerprint density at radius 2 is 1.52 bits per heavy atom. The lowest BCUT2D eigenvalue weighted by atomic mass is 9.47. The molecular weight excluding hydrogens is 256 g/mol. The summed E-state index contributed by atoms with van der Waals surface area (Å²) in [5, 5.41) is 3.73. The van der Waals surface area contributed by atoms with Crippen molar-refractivity contribution in [3.63, 3.8) is 0 Å². The second-order valence-electron chi connectivity index (χ2n) is 9.74. The maximum Gasteiger partial charge on any atom is 0.0253 e. The van der Waals surface area contributed by atoms with Crippen LogP contribution >= 0.6 is 0 Å². The molecule has 2 nitrogen and oxygen atoms in total. The van der Waals surface area contributed by atoms with Crippen LogP contribution in [0.3, 0.4) is 0 Å². The molecule has 1 aliphatic heterocycles. The molecule has 21 heavy (non-hydrogen) atoms. The Kier molecular flexibility index (Phi) is 3.25. The molecule has 2 heteroatoms. The SMILES string of the molecule is CC1CNC(C)(C)CN1C(C)C12CC3CC(CC(C3)C1)C2. The zero-order chi connectivity index (χ0) is 14.8. The van der Waals surface area contributed by atoms with Crippen LogP contribution in [-0.4, -0.2) is 35.6 Å². The van der Waals surface area contributed by atoms with E-state index >= 15 is 0 Å². The van der Waals surface area contributed by atoms with E-state index in [0.29, 0.717) is 11.5 Å². The van der Waals surface area contributed by atoms with Gasteiger partial charge in [-0.3, -0.25) is 4.90 Å². The van der Waals surface area contributed by atoms with E-state index in [0.717, 1.165) is 30.3 Å². The Balaban J connectivity index is 1.57. The molecule has 1 heterocycles. The Labute approximate surface area is 131 Å². The molecule has 1 N–H and O–H groups in total. The average Bonchev–Trinajstić information content (AvgIpc) is 2.39. The van der Waals surface area contributed by atoms with E-state index in [4.69, 9.17) is 0 Å². The third-order valence-corrected chi connectivity index (χ3v) is 7.49. The van der Waals surface area contributed by atoms with Gasteiger partial charge in [0.05, 0.1) is 0 Å². The van der Waals surface area contributed by atoms with Gasteiger partial charge in [0.15, 0.2) is 0 Å². The first-order valence-electron chi connectivity index (χ1n) is 9.38. The van der Waals surface area contributed by atoms with Gasteiger partial charge in [-0.05, 0) is 89.4 Å². The lowest BCUT2D eigenvalue weighted by molar-refractivity contribution is -0.111. The Bertz CT molecular complexity index is 379. The lowest BCUT2D eigenvalue weighted by Gasteiger charge is -2.62. The summed E-state index contributed by atoms with van der Waals surface area (Å²) in [5.74, 6) is 3.22. The zero-order valence-electron chi connectivity index (χ0n) is 14.5. The van der Waals surface area contributed by atoms with Crippen LogP contribution in [0.1, 0.15) is 66.2 Å². The minimum absolute atomic E-state index is 0.281. The van der Waals surface area contributed by atoms with Crippen molar-refractivity contribution in [2.75, 3.05) is 13.1 Å². The molecule has 0 aromatic rings. The number of hydrogen-bond acceptors (Lipinski definition) is 2. The number of rotatable bonds is 2. The molecule has 1 saturated heterocycles. The summed E-state index contributed by atoms with van der Waals surface area (Å²) in [4.78, 5) is 2.86. The highest BCUT2D eigenvalue weighted by Gasteiger charge is 2.55. The van der Waals surface area contributed by atoms with E-state index in [9.17, 15) is 0 Å². The maximum absolute atomic E-state index is 3.73. The highest BCUT2D eigenvalue weighted by molar-refractivity contribution is 5.07. The number of nitrogens with one attached hydrogen (secondary N) is 1. The smallest absolute Gasteiger partial charge is 0.0253 e. The van der Waals surface area contributed by atoms with Crippen molar-refractivity contribution in [3.8, 4) is 0 Å². The zero-order valence-corrected chi connectivity index (χ0v) is 14.5. The molecule has 2 atom stereocenters. The molecule has 4 saturated carbocycles. The molecular formula is C19H34N2. The van der Waals surface area contributed by atoms with Crippen LogP contribution in [0.5, 0.6) is 0 Å². The largest absolute Gasteiger partial charge is 0.309 e. The van der Waals surface area contributed by atoms with E-state index in [1.165, 1.54) is 25.8 Å². The van der Waals surface area contributed by atoms with Crippen LogP contribution in [0.4, 0.5) is 0 Å². The summed E-state index contributed by atoms with van der Waals surface area (Å²) in [5.41, 5.74) is 0.944. The monoisotopic (exact) mass is 290 g/mol. The summed E-state index contributed by atoms with van der Waals surface area (Å²) in [6.07, 6.45) is 9.31. The normalized spacial score (nSPS) is 50.3. The van der Waals surface area contributed by atoms with Crippen LogP contribution in [0, 0.1) is 23.2 Å². The van der Waals surface area contributed by atoms with Crippen LogP contribution in [0.25, 0.3) is 0 Å². The summed E-state index contributed by atoms with van der Waals surface area (Å²) in [7, 11) is 0. The summed E-state index contributed by atoms with van der Waals surface area (Å²) in [6, 6.07) is 1.48. The van der Waals surface area contributed by atoms with Gasteiger partial charge < -0.3 is 5.32 Å². The molecule has 2 unspecified atom stereocenters. The molecule has 120 valence electrons. The van der Waals surface area contributed by atoms with Gasteiger partial charge >= 0.3 is 0 Å². The van der Waals surface area contributed by atoms with E-state index < -0.39 is 0 Å². The predicted octanol–water partition coefficient (Wildman–Crippen LogP) is 3.66. The highest BCUT2D eigenvalue weighted by atomic mass is 15.3. The van der Waals surface area contributed by atoms with Crippen LogP contribution in [-0.2, 0) is 0 Å². The van der Waals surface area contributed by atoms with Crippen molar-refractivity contribution in [1.29, 1.82) is 0 Å². The Morgan fingerprint density at radius 3 is 2.05 bits per heavy atom. The van der Waals surface area contributed by atoms with Crippen molar-refractivity contribution in [3.05, 3.63) is 0 Å². The van der Waals surface area contributed by atoms with Gasteiger partial charge in [0.2, 0.25) is 0 Å². The van der Waals surface area contributed by atoms with E-state index in [2.05, 4.69) is 37.9 Å². The highest BCUT2D eigenvalue weighted by Crippen LogP contribution is 2.62. The van der Waals surface area contributed by atoms with Crippen molar-refractivity contribution in [1.82, 2.24) is 10.2 Å². The number of hydrogen-bond donors (Lipinski definition) is 1. The van der Waals surface area contributed by atoms with Crippen LogP contribution in [0.2, 0.25) is 0 Å². The molecule has 4 aliphatic carbocycles. The summed E-state index contributed by atoms with van der Waals surface area (Å²) < 4.78 is 0. The Hall–Kier alpha value is -0.0800. The summed E-state index contributed by atoms with van der Waals surface area (Å²) >= 11 is 0. The number of piperazine rings is 1. The van der Waals surface area contributed by atoms with Crippen molar-refractivity contribution in [2.24, 2.45) is 23.2 Å². The molecule has 0 aromatic carbocycles. The van der Waals surface area contributed by atoms with Crippen LogP contribution in [0.15, 0.2) is 0 Å². The van der Waals surface area contributed by atoms with Gasteiger partial charge in [-0.1, -0.05) is 0 Å². The molecule has 5 rings (SSSR count). The van der Waals surface area contributed by atoms with Gasteiger partial charge in [0, 0.05) is 30.7 Å². The van der Waals surface area contributed by atoms with Gasteiger partial charge in [-0.25, -0.2) is 0 Å². The molecule has 0 amide bonds. The maximum atomic E-state index is 3.73. The lowest BCUT2D eigenvalue weighted by Crippen LogP contribution is -2.66. The summed E-state index contributed by atoms with van der Waals surface area (Å²) in [6.45, 7) is 12.1. The molecule has 0 radical (unpaired) electrons. The van der Waals surface area contributed by atoms with Crippen molar-refractivity contribution >= 4 is 0 Å². The van der Waals surface area contributed by atoms with E-state index in [1.54, 1.807) is 19.3 Å². The fraction of sp³-hybridized carbons (Fsp3) is 1.00. The van der Waals surface area contributed by atoms with Crippen molar-refractivity contribution in [2.45, 2.75) is 83.8 Å². The third-order valence-electron chi connectivity index (χ3n) is 7.49. The number of nitrogens with zero attached hydrogens (tertiary/aromatic N) is 1. The standard InChI is InChI=1S/C19H34N2/c1-13-11-20-18(3,4)12-21(13)14(2)19-8-15-5-16(9-19)7-17(6-15)10-19/h13-17,20H,5-12H2,1-4H3. The van der Waals surface area contributed by atoms with Gasteiger partial charge in [-0.15, -0.1) is 0 Å². The second-order valence-corrected chi connectivity index (χ2v) is 9.74. The molecule has 5 aliphatic rings. The van der Waals surface area contributed by atoms with Gasteiger partial charge in [0.1, 0.15) is 0 Å². The topological polar surface area (TPSA) is 15.3 Å². The van der Waals surface area contributed by atoms with Crippen LogP contribution < -0.4 is 5.32 Å². The van der Waals surface area contributed by atoms with Gasteiger partial charge in [-0.2, -0.15) is 0 Å².